The van der Waals surface area contributed by atoms with Gasteiger partial charge in [0.05, 0.1) is 10.8 Å². The lowest BCUT2D eigenvalue weighted by Crippen LogP contribution is -2.21. The van der Waals surface area contributed by atoms with Crippen LogP contribution in [-0.2, 0) is 9.84 Å². The lowest BCUT2D eigenvalue weighted by molar-refractivity contribution is 0.583. The number of aromatic nitrogens is 1. The van der Waals surface area contributed by atoms with E-state index in [9.17, 15) is 8.42 Å². The normalized spacial score (nSPS) is 13.1. The first-order valence-corrected chi connectivity index (χ1v) is 6.27. The highest BCUT2D eigenvalue weighted by Crippen LogP contribution is 2.17. The quantitative estimate of drug-likeness (QED) is 0.753. The van der Waals surface area contributed by atoms with Crippen LogP contribution in [0.3, 0.4) is 0 Å². The Morgan fingerprint density at radius 1 is 1.67 bits per heavy atom. The molecule has 0 N–H and O–H groups in total. The van der Waals surface area contributed by atoms with Crippen molar-refractivity contribution in [3.05, 3.63) is 23.9 Å². The van der Waals surface area contributed by atoms with Crippen molar-refractivity contribution in [2.45, 2.75) is 17.2 Å². The van der Waals surface area contributed by atoms with Crippen molar-refractivity contribution in [1.29, 1.82) is 5.26 Å². The molecule has 1 unspecified atom stereocenters. The molecule has 80 valence electrons. The predicted octanol–water partition coefficient (Wildman–Crippen LogP) is 1.35. The molecule has 6 heteroatoms. The van der Waals surface area contributed by atoms with Crippen molar-refractivity contribution in [1.82, 2.24) is 4.98 Å². The van der Waals surface area contributed by atoms with Crippen LogP contribution in [0, 0.1) is 11.3 Å². The number of hydrogen-bond donors (Lipinski definition) is 0. The van der Waals surface area contributed by atoms with Crippen LogP contribution in [0.2, 0.25) is 0 Å². The molecule has 1 heterocycles. The number of hydrogen-bond acceptors (Lipinski definition) is 4. The van der Waals surface area contributed by atoms with Crippen LogP contribution in [-0.4, -0.2) is 24.5 Å². The summed E-state index contributed by atoms with van der Waals surface area (Å²) in [5.74, 6) is -0.0240. The minimum absolute atomic E-state index is 0.0240. The molecule has 0 saturated carbocycles. The molecule has 0 aromatic carbocycles. The number of rotatable bonds is 3. The van der Waals surface area contributed by atoms with Crippen LogP contribution in [0.5, 0.6) is 0 Å². The van der Waals surface area contributed by atoms with Crippen molar-refractivity contribution in [3.63, 3.8) is 0 Å². The maximum Gasteiger partial charge on any atom is 0.200 e. The summed E-state index contributed by atoms with van der Waals surface area (Å²) in [6.07, 6.45) is 1.34. The van der Waals surface area contributed by atoms with Gasteiger partial charge >= 0.3 is 0 Å². The fourth-order valence-corrected chi connectivity index (χ4v) is 2.65. The summed E-state index contributed by atoms with van der Waals surface area (Å²) in [4.78, 5) is 3.72. The van der Waals surface area contributed by atoms with Gasteiger partial charge < -0.3 is 0 Å². The average Bonchev–Trinajstić information content (AvgIpc) is 2.27. The Balaban J connectivity index is 3.35. The van der Waals surface area contributed by atoms with E-state index in [2.05, 4.69) is 4.98 Å². The maximum atomic E-state index is 11.8. The van der Waals surface area contributed by atoms with Crippen LogP contribution in [0.4, 0.5) is 0 Å². The first-order valence-electron chi connectivity index (χ1n) is 4.19. The van der Waals surface area contributed by atoms with Crippen LogP contribution in [0.1, 0.15) is 12.5 Å². The average molecular weight is 245 g/mol. The Hall–Kier alpha value is -1.12. The van der Waals surface area contributed by atoms with E-state index in [4.69, 9.17) is 16.9 Å². The van der Waals surface area contributed by atoms with E-state index in [-0.39, 0.29) is 16.5 Å². The highest BCUT2D eigenvalue weighted by atomic mass is 35.5. The van der Waals surface area contributed by atoms with Gasteiger partial charge in [0.1, 0.15) is 6.07 Å². The molecular formula is C9H9ClN2O2S. The summed E-state index contributed by atoms with van der Waals surface area (Å²) in [6, 6.07) is 4.73. The van der Waals surface area contributed by atoms with Gasteiger partial charge in [-0.05, 0) is 19.1 Å². The number of nitriles is 1. The molecule has 15 heavy (non-hydrogen) atoms. The highest BCUT2D eigenvalue weighted by molar-refractivity contribution is 7.92. The molecule has 1 rings (SSSR count). The van der Waals surface area contributed by atoms with Gasteiger partial charge in [-0.25, -0.2) is 13.4 Å². The zero-order valence-corrected chi connectivity index (χ0v) is 9.59. The van der Waals surface area contributed by atoms with Crippen LogP contribution >= 0.6 is 11.6 Å². The summed E-state index contributed by atoms with van der Waals surface area (Å²) in [5.41, 5.74) is 0.0504. The summed E-state index contributed by atoms with van der Waals surface area (Å²) < 4.78 is 23.7. The summed E-state index contributed by atoms with van der Waals surface area (Å²) in [6.45, 7) is 1.48. The Labute approximate surface area is 93.4 Å². The molecule has 0 radical (unpaired) electrons. The first-order chi connectivity index (χ1) is 7.04. The second kappa shape index (κ2) is 4.60. The van der Waals surface area contributed by atoms with Crippen molar-refractivity contribution in [3.8, 4) is 6.07 Å². The molecule has 0 amide bonds. The van der Waals surface area contributed by atoms with Gasteiger partial charge in [-0.2, -0.15) is 5.26 Å². The molecular weight excluding hydrogens is 236 g/mol. The third-order valence-corrected chi connectivity index (χ3v) is 4.64. The van der Waals surface area contributed by atoms with E-state index in [1.807, 2.05) is 0 Å². The van der Waals surface area contributed by atoms with E-state index in [1.54, 1.807) is 6.07 Å². The van der Waals surface area contributed by atoms with Gasteiger partial charge in [0.15, 0.2) is 5.03 Å². The molecule has 1 aromatic rings. The largest absolute Gasteiger partial charge is 0.243 e. The minimum Gasteiger partial charge on any atom is -0.243 e. The van der Waals surface area contributed by atoms with Gasteiger partial charge in [-0.3, -0.25) is 0 Å². The summed E-state index contributed by atoms with van der Waals surface area (Å²) in [5, 5.41) is 7.81. The standard InChI is InChI=1S/C9H9ClN2O2S/c1-7(5-10)15(13,14)9-8(6-11)3-2-4-12-9/h2-4,7H,5H2,1H3. The molecule has 0 aliphatic rings. The SMILES string of the molecule is CC(CCl)S(=O)(=O)c1ncccc1C#N. The van der Waals surface area contributed by atoms with Crippen molar-refractivity contribution in [2.75, 3.05) is 5.88 Å². The third kappa shape index (κ3) is 2.28. The maximum absolute atomic E-state index is 11.8. The fraction of sp³-hybridized carbons (Fsp3) is 0.333. The Kier molecular flexibility index (Phi) is 3.66. The smallest absolute Gasteiger partial charge is 0.200 e. The molecule has 1 aromatic heterocycles. The van der Waals surface area contributed by atoms with E-state index in [0.717, 1.165) is 0 Å². The van der Waals surface area contributed by atoms with Crippen LogP contribution in [0.15, 0.2) is 23.4 Å². The predicted molar refractivity (Wildman–Crippen MR) is 56.3 cm³/mol. The van der Waals surface area contributed by atoms with E-state index in [0.29, 0.717) is 0 Å². The topological polar surface area (TPSA) is 70.8 Å². The second-order valence-electron chi connectivity index (χ2n) is 2.98. The van der Waals surface area contributed by atoms with Crippen LogP contribution in [0.25, 0.3) is 0 Å². The molecule has 0 fully saturated rings. The molecule has 0 saturated heterocycles. The minimum atomic E-state index is -3.60. The number of nitrogens with zero attached hydrogens (tertiary/aromatic N) is 2. The number of pyridine rings is 1. The second-order valence-corrected chi connectivity index (χ2v) is 5.57. The van der Waals surface area contributed by atoms with E-state index < -0.39 is 15.1 Å². The third-order valence-electron chi connectivity index (χ3n) is 1.91. The Bertz CT molecular complexity index is 493. The van der Waals surface area contributed by atoms with Gasteiger partial charge in [-0.1, -0.05) is 0 Å². The first kappa shape index (κ1) is 12.0. The highest BCUT2D eigenvalue weighted by Gasteiger charge is 2.26. The van der Waals surface area contributed by atoms with Crippen molar-refractivity contribution < 1.29 is 8.42 Å². The fourth-order valence-electron chi connectivity index (χ4n) is 0.976. The monoisotopic (exact) mass is 244 g/mol. The number of sulfone groups is 1. The lowest BCUT2D eigenvalue weighted by Gasteiger charge is -2.09. The summed E-state index contributed by atoms with van der Waals surface area (Å²) in [7, 11) is -3.60. The molecule has 4 nitrogen and oxygen atoms in total. The van der Waals surface area contributed by atoms with Crippen molar-refractivity contribution >= 4 is 21.4 Å². The summed E-state index contributed by atoms with van der Waals surface area (Å²) >= 11 is 5.49. The van der Waals surface area contributed by atoms with Gasteiger partial charge in [0.2, 0.25) is 9.84 Å². The van der Waals surface area contributed by atoms with Gasteiger partial charge in [-0.15, -0.1) is 11.6 Å². The van der Waals surface area contributed by atoms with Gasteiger partial charge in [0, 0.05) is 12.1 Å². The lowest BCUT2D eigenvalue weighted by atomic mass is 10.3. The Morgan fingerprint density at radius 3 is 2.87 bits per heavy atom. The molecule has 0 aliphatic carbocycles. The molecule has 0 aliphatic heterocycles. The zero-order valence-electron chi connectivity index (χ0n) is 8.01. The van der Waals surface area contributed by atoms with Crippen molar-refractivity contribution in [2.24, 2.45) is 0 Å². The molecule has 0 spiro atoms. The number of halogens is 1. The van der Waals surface area contributed by atoms with Crippen LogP contribution < -0.4 is 0 Å². The Morgan fingerprint density at radius 2 is 2.33 bits per heavy atom. The van der Waals surface area contributed by atoms with Gasteiger partial charge in [0.25, 0.3) is 0 Å². The van der Waals surface area contributed by atoms with E-state index in [1.165, 1.54) is 25.3 Å². The molecule has 1 atom stereocenters. The number of alkyl halides is 1. The van der Waals surface area contributed by atoms with E-state index >= 15 is 0 Å². The zero-order chi connectivity index (χ0) is 11.5. The molecule has 0 bridgehead atoms.